The summed E-state index contributed by atoms with van der Waals surface area (Å²) in [4.78, 5) is 38.0. The van der Waals surface area contributed by atoms with E-state index in [1.165, 1.54) is 154 Å². The molecule has 0 saturated carbocycles. The van der Waals surface area contributed by atoms with Gasteiger partial charge >= 0.3 is 17.9 Å². The van der Waals surface area contributed by atoms with Crippen LogP contribution in [0.2, 0.25) is 0 Å². The van der Waals surface area contributed by atoms with Crippen molar-refractivity contribution in [3.8, 4) is 0 Å². The van der Waals surface area contributed by atoms with E-state index in [2.05, 4.69) is 69.4 Å². The lowest BCUT2D eigenvalue weighted by molar-refractivity contribution is -0.167. The van der Waals surface area contributed by atoms with Gasteiger partial charge in [-0.05, 0) is 83.5 Å². The minimum atomic E-state index is -0.781. The predicted octanol–water partition coefficient (Wildman–Crippen LogP) is 17.9. The standard InChI is InChI=1S/C57H102O6/c1-4-7-10-13-16-19-22-25-27-28-30-32-35-38-41-44-47-50-56(59)62-53-54(52-61-55(58)49-46-43-40-37-34-31-24-21-18-15-12-9-6-3)63-57(60)51-48-45-42-39-36-33-29-26-23-20-17-14-11-8-5-2/h16,19-20,23,25,27,30,32,54H,4-15,17-18,21-22,24,26,28-29,31,33-53H2,1-3H3/b19-16+,23-20+,27-25+,32-30+/t54-/m1/s1. The third kappa shape index (κ3) is 50.2. The van der Waals surface area contributed by atoms with Crippen molar-refractivity contribution in [2.45, 2.75) is 284 Å². The van der Waals surface area contributed by atoms with Crippen LogP contribution in [-0.4, -0.2) is 37.2 Å². The van der Waals surface area contributed by atoms with Gasteiger partial charge in [-0.3, -0.25) is 14.4 Å². The first kappa shape index (κ1) is 60.4. The highest BCUT2D eigenvalue weighted by atomic mass is 16.6. The zero-order valence-corrected chi connectivity index (χ0v) is 41.8. The van der Waals surface area contributed by atoms with E-state index >= 15 is 0 Å². The number of carbonyl (C=O) groups is 3. The third-order valence-electron chi connectivity index (χ3n) is 11.8. The predicted molar refractivity (Wildman–Crippen MR) is 270 cm³/mol. The van der Waals surface area contributed by atoms with Crippen LogP contribution < -0.4 is 0 Å². The average Bonchev–Trinajstić information content (AvgIpc) is 3.28. The molecular weight excluding hydrogens is 781 g/mol. The summed E-state index contributed by atoms with van der Waals surface area (Å²) in [6, 6.07) is 0. The van der Waals surface area contributed by atoms with Crippen LogP contribution in [0.5, 0.6) is 0 Å². The monoisotopic (exact) mass is 883 g/mol. The maximum absolute atomic E-state index is 12.8. The summed E-state index contributed by atoms with van der Waals surface area (Å²) in [5.41, 5.74) is 0. The van der Waals surface area contributed by atoms with Gasteiger partial charge in [0.05, 0.1) is 0 Å². The van der Waals surface area contributed by atoms with Crippen LogP contribution >= 0.6 is 0 Å². The number of rotatable bonds is 49. The van der Waals surface area contributed by atoms with Crippen LogP contribution in [0.3, 0.4) is 0 Å². The van der Waals surface area contributed by atoms with Crippen molar-refractivity contribution in [2.75, 3.05) is 13.2 Å². The first-order valence-corrected chi connectivity index (χ1v) is 27.1. The summed E-state index contributed by atoms with van der Waals surface area (Å²) in [6.07, 6.45) is 62.3. The zero-order chi connectivity index (χ0) is 45.8. The molecule has 0 aliphatic heterocycles. The first-order chi connectivity index (χ1) is 31.0. The van der Waals surface area contributed by atoms with Crippen LogP contribution in [0.15, 0.2) is 48.6 Å². The van der Waals surface area contributed by atoms with E-state index in [0.717, 1.165) is 83.5 Å². The number of carbonyl (C=O) groups excluding carboxylic acids is 3. The number of esters is 3. The molecule has 6 nitrogen and oxygen atoms in total. The molecule has 0 unspecified atom stereocenters. The van der Waals surface area contributed by atoms with Gasteiger partial charge in [-0.2, -0.15) is 0 Å². The first-order valence-electron chi connectivity index (χ1n) is 27.1. The fourth-order valence-corrected chi connectivity index (χ4v) is 7.68. The summed E-state index contributed by atoms with van der Waals surface area (Å²) in [5.74, 6) is -0.896. The minimum Gasteiger partial charge on any atom is -0.462 e. The molecule has 0 N–H and O–H groups in total. The number of hydrogen-bond acceptors (Lipinski definition) is 6. The lowest BCUT2D eigenvalue weighted by Gasteiger charge is -2.18. The molecular formula is C57H102O6. The molecule has 0 amide bonds. The second kappa shape index (κ2) is 52.0. The van der Waals surface area contributed by atoms with Crippen LogP contribution in [0.4, 0.5) is 0 Å². The molecule has 366 valence electrons. The second-order valence-corrected chi connectivity index (χ2v) is 18.1. The zero-order valence-electron chi connectivity index (χ0n) is 41.8. The fraction of sp³-hybridized carbons (Fsp3) is 0.807. The Bertz CT molecular complexity index is 1110. The number of allylic oxidation sites excluding steroid dienone is 8. The third-order valence-corrected chi connectivity index (χ3v) is 11.8. The molecule has 0 aromatic carbocycles. The molecule has 6 heteroatoms. The van der Waals surface area contributed by atoms with Crippen molar-refractivity contribution in [3.05, 3.63) is 48.6 Å². The largest absolute Gasteiger partial charge is 0.462 e. The second-order valence-electron chi connectivity index (χ2n) is 18.1. The quantitative estimate of drug-likeness (QED) is 0.0262. The number of ether oxygens (including phenoxy) is 3. The van der Waals surface area contributed by atoms with E-state index in [-0.39, 0.29) is 31.1 Å². The Kier molecular flexibility index (Phi) is 49.8. The van der Waals surface area contributed by atoms with E-state index in [1.54, 1.807) is 0 Å². The number of unbranched alkanes of at least 4 members (excludes halogenated alkanes) is 30. The lowest BCUT2D eigenvalue weighted by Crippen LogP contribution is -2.30. The van der Waals surface area contributed by atoms with Gasteiger partial charge in [0.2, 0.25) is 0 Å². The maximum atomic E-state index is 12.8. The summed E-state index contributed by atoms with van der Waals surface area (Å²) in [5, 5.41) is 0. The molecule has 0 fully saturated rings. The summed E-state index contributed by atoms with van der Waals surface area (Å²) >= 11 is 0. The van der Waals surface area contributed by atoms with Crippen LogP contribution in [0, 0.1) is 0 Å². The van der Waals surface area contributed by atoms with E-state index in [4.69, 9.17) is 14.2 Å². The molecule has 0 rings (SSSR count). The topological polar surface area (TPSA) is 78.9 Å². The molecule has 0 spiro atoms. The SMILES string of the molecule is CCCCC/C=C/C/C=C/C/C=C/CCCCCCC(=O)OC[C@@H](COC(=O)CCCCCCCCCCCCCCC)OC(=O)CCCCCCCCC/C=C/CCCCCC. The molecule has 0 heterocycles. The Morgan fingerprint density at radius 2 is 0.571 bits per heavy atom. The van der Waals surface area contributed by atoms with Crippen molar-refractivity contribution >= 4 is 17.9 Å². The van der Waals surface area contributed by atoms with Gasteiger partial charge in [0.15, 0.2) is 6.10 Å². The van der Waals surface area contributed by atoms with E-state index in [1.807, 2.05) is 0 Å². The van der Waals surface area contributed by atoms with Crippen LogP contribution in [-0.2, 0) is 28.6 Å². The highest BCUT2D eigenvalue weighted by molar-refractivity contribution is 5.71. The highest BCUT2D eigenvalue weighted by Gasteiger charge is 2.19. The Labute approximate surface area is 390 Å². The van der Waals surface area contributed by atoms with Gasteiger partial charge in [-0.25, -0.2) is 0 Å². The average molecular weight is 883 g/mol. The van der Waals surface area contributed by atoms with Crippen molar-refractivity contribution in [1.82, 2.24) is 0 Å². The summed E-state index contributed by atoms with van der Waals surface area (Å²) < 4.78 is 16.8. The Balaban J connectivity index is 4.40. The summed E-state index contributed by atoms with van der Waals surface area (Å²) in [7, 11) is 0. The molecule has 1 atom stereocenters. The van der Waals surface area contributed by atoms with Gasteiger partial charge in [0.1, 0.15) is 13.2 Å². The van der Waals surface area contributed by atoms with Crippen molar-refractivity contribution in [2.24, 2.45) is 0 Å². The van der Waals surface area contributed by atoms with E-state index in [0.29, 0.717) is 19.3 Å². The van der Waals surface area contributed by atoms with E-state index < -0.39 is 6.10 Å². The Hall–Kier alpha value is -2.63. The highest BCUT2D eigenvalue weighted by Crippen LogP contribution is 2.15. The van der Waals surface area contributed by atoms with E-state index in [9.17, 15) is 14.4 Å². The Morgan fingerprint density at radius 1 is 0.317 bits per heavy atom. The minimum absolute atomic E-state index is 0.0795. The molecule has 0 aliphatic rings. The van der Waals surface area contributed by atoms with Crippen LogP contribution in [0.1, 0.15) is 278 Å². The van der Waals surface area contributed by atoms with Gasteiger partial charge in [-0.1, -0.05) is 223 Å². The summed E-state index contributed by atoms with van der Waals surface area (Å²) in [6.45, 7) is 6.59. The van der Waals surface area contributed by atoms with Crippen molar-refractivity contribution in [1.29, 1.82) is 0 Å². The van der Waals surface area contributed by atoms with Crippen LogP contribution in [0.25, 0.3) is 0 Å². The molecule has 0 radical (unpaired) electrons. The molecule has 0 aromatic heterocycles. The smallest absolute Gasteiger partial charge is 0.306 e. The molecule has 0 saturated heterocycles. The molecule has 63 heavy (non-hydrogen) atoms. The maximum Gasteiger partial charge on any atom is 0.306 e. The molecule has 0 aromatic rings. The normalized spacial score (nSPS) is 12.4. The number of hydrogen-bond donors (Lipinski definition) is 0. The van der Waals surface area contributed by atoms with Crippen molar-refractivity contribution in [3.63, 3.8) is 0 Å². The van der Waals surface area contributed by atoms with Gasteiger partial charge in [0, 0.05) is 19.3 Å². The van der Waals surface area contributed by atoms with Crippen molar-refractivity contribution < 1.29 is 28.6 Å². The molecule has 0 aliphatic carbocycles. The van der Waals surface area contributed by atoms with Gasteiger partial charge in [-0.15, -0.1) is 0 Å². The van der Waals surface area contributed by atoms with Gasteiger partial charge in [0.25, 0.3) is 0 Å². The fourth-order valence-electron chi connectivity index (χ4n) is 7.68. The molecule has 0 bridgehead atoms. The Morgan fingerprint density at radius 3 is 0.952 bits per heavy atom. The lowest BCUT2D eigenvalue weighted by atomic mass is 10.0. The van der Waals surface area contributed by atoms with Gasteiger partial charge < -0.3 is 14.2 Å².